The van der Waals surface area contributed by atoms with Gasteiger partial charge in [-0.1, -0.05) is 56.3 Å². The molecule has 1 atom stereocenters. The van der Waals surface area contributed by atoms with Crippen molar-refractivity contribution in [3.63, 3.8) is 0 Å². The average Bonchev–Trinajstić information content (AvgIpc) is 2.55. The van der Waals surface area contributed by atoms with Crippen LogP contribution >= 0.6 is 0 Å². The van der Waals surface area contributed by atoms with Gasteiger partial charge in [-0.2, -0.15) is 0 Å². The third-order valence-corrected chi connectivity index (χ3v) is 4.16. The van der Waals surface area contributed by atoms with Gasteiger partial charge in [0.1, 0.15) is 0 Å². The number of rotatable bonds is 6. The first kappa shape index (κ1) is 17.2. The molecule has 0 fully saturated rings. The number of nitrogens with zero attached hydrogens (tertiary/aromatic N) is 1. The third-order valence-electron chi connectivity index (χ3n) is 4.16. The molecule has 0 aliphatic rings. The molecule has 23 heavy (non-hydrogen) atoms. The summed E-state index contributed by atoms with van der Waals surface area (Å²) in [5.41, 5.74) is 2.98. The van der Waals surface area contributed by atoms with Gasteiger partial charge in [0.15, 0.2) is 0 Å². The van der Waals surface area contributed by atoms with Gasteiger partial charge < -0.3 is 10.2 Å². The summed E-state index contributed by atoms with van der Waals surface area (Å²) in [6.45, 7) is 5.00. The first-order chi connectivity index (χ1) is 11.0. The molecule has 2 aromatic rings. The monoisotopic (exact) mass is 310 g/mol. The van der Waals surface area contributed by atoms with E-state index in [-0.39, 0.29) is 5.91 Å². The van der Waals surface area contributed by atoms with Crippen molar-refractivity contribution >= 4 is 5.91 Å². The number of nitrogens with one attached hydrogen (secondary N) is 1. The largest absolute Gasteiger partial charge is 0.350 e. The smallest absolute Gasteiger partial charge is 0.251 e. The molecule has 0 heterocycles. The first-order valence-corrected chi connectivity index (χ1v) is 8.09. The Morgan fingerprint density at radius 2 is 1.52 bits per heavy atom. The van der Waals surface area contributed by atoms with Gasteiger partial charge in [0.25, 0.3) is 5.91 Å². The summed E-state index contributed by atoms with van der Waals surface area (Å²) in [5, 5.41) is 3.04. The average molecular weight is 310 g/mol. The van der Waals surface area contributed by atoms with Crippen molar-refractivity contribution in [1.82, 2.24) is 10.2 Å². The molecule has 0 radical (unpaired) electrons. The second-order valence-electron chi connectivity index (χ2n) is 6.43. The Kier molecular flexibility index (Phi) is 5.94. The minimum Gasteiger partial charge on any atom is -0.350 e. The van der Waals surface area contributed by atoms with Crippen LogP contribution in [-0.2, 0) is 0 Å². The second-order valence-corrected chi connectivity index (χ2v) is 6.43. The van der Waals surface area contributed by atoms with Crippen molar-refractivity contribution in [2.45, 2.75) is 19.9 Å². The van der Waals surface area contributed by atoms with Crippen LogP contribution in [0.15, 0.2) is 54.6 Å². The van der Waals surface area contributed by atoms with E-state index in [4.69, 9.17) is 0 Å². The van der Waals surface area contributed by atoms with E-state index in [2.05, 4.69) is 36.2 Å². The van der Waals surface area contributed by atoms with Crippen molar-refractivity contribution in [1.29, 1.82) is 0 Å². The van der Waals surface area contributed by atoms with Gasteiger partial charge in [-0.15, -0.1) is 0 Å². The molecule has 0 bridgehead atoms. The topological polar surface area (TPSA) is 32.3 Å². The summed E-state index contributed by atoms with van der Waals surface area (Å²) in [6.07, 6.45) is 0. The Balaban J connectivity index is 2.00. The third kappa shape index (κ3) is 4.67. The molecular weight excluding hydrogens is 284 g/mol. The Bertz CT molecular complexity index is 610. The molecule has 2 aromatic carbocycles. The lowest BCUT2D eigenvalue weighted by Gasteiger charge is -2.28. The number of likely N-dealkylation sites (N-methyl/N-ethyl adjacent to an activating group) is 1. The first-order valence-electron chi connectivity index (χ1n) is 8.09. The van der Waals surface area contributed by atoms with Gasteiger partial charge in [0.05, 0.1) is 0 Å². The maximum atomic E-state index is 12.3. The van der Waals surface area contributed by atoms with Gasteiger partial charge in [-0.25, -0.2) is 0 Å². The number of carbonyl (C=O) groups is 1. The fourth-order valence-corrected chi connectivity index (χ4v) is 2.76. The molecule has 122 valence electrons. The van der Waals surface area contributed by atoms with E-state index in [0.29, 0.717) is 24.1 Å². The summed E-state index contributed by atoms with van der Waals surface area (Å²) in [7, 11) is 4.09. The highest BCUT2D eigenvalue weighted by atomic mass is 16.1. The number of amides is 1. The molecule has 3 nitrogen and oxygen atoms in total. The fourth-order valence-electron chi connectivity index (χ4n) is 2.76. The minimum absolute atomic E-state index is 0.0166. The van der Waals surface area contributed by atoms with Crippen LogP contribution in [-0.4, -0.2) is 37.5 Å². The lowest BCUT2D eigenvalue weighted by Crippen LogP contribution is -2.43. The predicted octanol–water partition coefficient (Wildman–Crippen LogP) is 3.67. The Hall–Kier alpha value is -2.13. The highest BCUT2D eigenvalue weighted by Gasteiger charge is 2.17. The highest BCUT2D eigenvalue weighted by Crippen LogP contribution is 2.19. The van der Waals surface area contributed by atoms with Crippen LogP contribution in [0.25, 0.3) is 11.1 Å². The summed E-state index contributed by atoms with van der Waals surface area (Å²) in [6, 6.07) is 18.3. The zero-order valence-electron chi connectivity index (χ0n) is 14.4. The zero-order valence-corrected chi connectivity index (χ0v) is 14.4. The minimum atomic E-state index is -0.0166. The number of benzene rings is 2. The van der Waals surface area contributed by atoms with E-state index in [1.54, 1.807) is 0 Å². The van der Waals surface area contributed by atoms with Crippen LogP contribution in [0.4, 0.5) is 0 Å². The van der Waals surface area contributed by atoms with Gasteiger partial charge in [0.2, 0.25) is 0 Å². The van der Waals surface area contributed by atoms with E-state index >= 15 is 0 Å². The van der Waals surface area contributed by atoms with E-state index in [1.165, 1.54) is 0 Å². The van der Waals surface area contributed by atoms with Crippen LogP contribution in [0.2, 0.25) is 0 Å². The van der Waals surface area contributed by atoms with Gasteiger partial charge in [0, 0.05) is 18.2 Å². The second kappa shape index (κ2) is 7.93. The Labute approximate surface area is 139 Å². The van der Waals surface area contributed by atoms with E-state index in [9.17, 15) is 4.79 Å². The Morgan fingerprint density at radius 3 is 2.04 bits per heavy atom. The summed E-state index contributed by atoms with van der Waals surface area (Å²) >= 11 is 0. The predicted molar refractivity (Wildman–Crippen MR) is 96.5 cm³/mol. The van der Waals surface area contributed by atoms with Crippen molar-refractivity contribution in [3.8, 4) is 11.1 Å². The van der Waals surface area contributed by atoms with Gasteiger partial charge in [-0.3, -0.25) is 4.79 Å². The molecule has 0 aliphatic carbocycles. The molecule has 1 amide bonds. The lowest BCUT2D eigenvalue weighted by atomic mass is 10.0. The molecule has 2 rings (SSSR count). The van der Waals surface area contributed by atoms with E-state index < -0.39 is 0 Å². The van der Waals surface area contributed by atoms with E-state index in [0.717, 1.165) is 11.1 Å². The molecular formula is C20H26N2O. The number of hydrogen-bond donors (Lipinski definition) is 1. The number of hydrogen-bond acceptors (Lipinski definition) is 2. The normalized spacial score (nSPS) is 12.4. The van der Waals surface area contributed by atoms with Crippen LogP contribution in [0.1, 0.15) is 24.2 Å². The maximum Gasteiger partial charge on any atom is 0.251 e. The van der Waals surface area contributed by atoms with Crippen LogP contribution < -0.4 is 5.32 Å². The molecule has 3 heteroatoms. The standard InChI is InChI=1S/C20H26N2O/c1-15(2)19(22(3)4)14-21-20(23)18-12-10-17(11-13-18)16-8-6-5-7-9-16/h5-13,15,19H,14H2,1-4H3,(H,21,23). The lowest BCUT2D eigenvalue weighted by molar-refractivity contribution is 0.0934. The van der Waals surface area contributed by atoms with Crippen LogP contribution in [0.3, 0.4) is 0 Å². The summed E-state index contributed by atoms with van der Waals surface area (Å²) in [5.74, 6) is 0.475. The molecule has 1 N–H and O–H groups in total. The molecule has 0 spiro atoms. The Morgan fingerprint density at radius 1 is 0.957 bits per heavy atom. The van der Waals surface area contributed by atoms with Gasteiger partial charge in [-0.05, 0) is 43.3 Å². The quantitative estimate of drug-likeness (QED) is 0.883. The fraction of sp³-hybridized carbons (Fsp3) is 0.350. The summed E-state index contributed by atoms with van der Waals surface area (Å²) in [4.78, 5) is 14.5. The van der Waals surface area contributed by atoms with Crippen LogP contribution in [0, 0.1) is 5.92 Å². The maximum absolute atomic E-state index is 12.3. The SMILES string of the molecule is CC(C)C(CNC(=O)c1ccc(-c2ccccc2)cc1)N(C)C. The molecule has 1 unspecified atom stereocenters. The van der Waals surface area contributed by atoms with Gasteiger partial charge >= 0.3 is 0 Å². The van der Waals surface area contributed by atoms with Crippen LogP contribution in [0.5, 0.6) is 0 Å². The molecule has 0 aromatic heterocycles. The van der Waals surface area contributed by atoms with Crippen molar-refractivity contribution in [3.05, 3.63) is 60.2 Å². The summed E-state index contributed by atoms with van der Waals surface area (Å²) < 4.78 is 0. The molecule has 0 saturated carbocycles. The van der Waals surface area contributed by atoms with Crippen molar-refractivity contribution in [2.75, 3.05) is 20.6 Å². The molecule has 0 saturated heterocycles. The van der Waals surface area contributed by atoms with Crippen molar-refractivity contribution in [2.24, 2.45) is 5.92 Å². The highest BCUT2D eigenvalue weighted by molar-refractivity contribution is 5.94. The number of carbonyl (C=O) groups excluding carboxylic acids is 1. The van der Waals surface area contributed by atoms with E-state index in [1.807, 2.05) is 56.6 Å². The zero-order chi connectivity index (χ0) is 16.8. The van der Waals surface area contributed by atoms with Crippen molar-refractivity contribution < 1.29 is 4.79 Å². The molecule has 0 aliphatic heterocycles.